The van der Waals surface area contributed by atoms with Crippen LogP contribution in [0.3, 0.4) is 0 Å². The molecule has 0 aliphatic carbocycles. The van der Waals surface area contributed by atoms with Gasteiger partial charge in [0.25, 0.3) is 5.09 Å². The lowest BCUT2D eigenvalue weighted by atomic mass is 10.2. The summed E-state index contributed by atoms with van der Waals surface area (Å²) in [4.78, 5) is 18.5. The van der Waals surface area contributed by atoms with E-state index < -0.39 is 11.1 Å². The summed E-state index contributed by atoms with van der Waals surface area (Å²) >= 11 is 0. The molecule has 0 heterocycles. The highest BCUT2D eigenvalue weighted by Crippen LogP contribution is 2.00. The molecule has 0 saturated heterocycles. The van der Waals surface area contributed by atoms with Gasteiger partial charge >= 0.3 is 5.97 Å². The molecular formula is C11H11NO5. The normalized spacial score (nSPS) is 9.88. The fourth-order valence-electron chi connectivity index (χ4n) is 0.869. The van der Waals surface area contributed by atoms with Gasteiger partial charge in [-0.3, -0.25) is 0 Å². The third-order valence-electron chi connectivity index (χ3n) is 1.44. The predicted molar refractivity (Wildman–Crippen MR) is 61.0 cm³/mol. The van der Waals surface area contributed by atoms with Crippen molar-refractivity contribution in [2.24, 2.45) is 0 Å². The van der Waals surface area contributed by atoms with Gasteiger partial charge in [-0.2, -0.15) is 0 Å². The van der Waals surface area contributed by atoms with Crippen molar-refractivity contribution in [3.63, 3.8) is 0 Å². The van der Waals surface area contributed by atoms with Crippen molar-refractivity contribution >= 4 is 12.0 Å². The average molecular weight is 237 g/mol. The summed E-state index contributed by atoms with van der Waals surface area (Å²) in [5.41, 5.74) is 1.05. The predicted octanol–water partition coefficient (Wildman–Crippen LogP) is 1.99. The van der Waals surface area contributed by atoms with E-state index in [1.165, 1.54) is 6.08 Å². The third kappa shape index (κ3) is 11.3. The molecule has 0 bridgehead atoms. The minimum absolute atomic E-state index is 0.933. The molecule has 1 rings (SSSR count). The van der Waals surface area contributed by atoms with Gasteiger partial charge in [0, 0.05) is 6.08 Å². The maximum absolute atomic E-state index is 10.1. The van der Waals surface area contributed by atoms with Crippen LogP contribution in [0.25, 0.3) is 6.08 Å². The number of aliphatic carboxylic acids is 1. The van der Waals surface area contributed by atoms with E-state index in [2.05, 4.69) is 0 Å². The Morgan fingerprint density at radius 2 is 1.76 bits per heavy atom. The van der Waals surface area contributed by atoms with Crippen molar-refractivity contribution in [3.8, 4) is 0 Å². The van der Waals surface area contributed by atoms with Crippen LogP contribution < -0.4 is 0 Å². The standard InChI is InChI=1S/C11H10O2.HNO3/c12-11(13)9-5-4-8-10-6-2-1-3-7-10;2-1(3)4/h1-9H,(H,12,13);(H,2,3,4). The maximum atomic E-state index is 10.1. The Kier molecular flexibility index (Phi) is 7.32. The van der Waals surface area contributed by atoms with Gasteiger partial charge in [0.05, 0.1) is 0 Å². The van der Waals surface area contributed by atoms with Crippen molar-refractivity contribution < 1.29 is 20.2 Å². The van der Waals surface area contributed by atoms with Crippen molar-refractivity contribution in [2.75, 3.05) is 0 Å². The van der Waals surface area contributed by atoms with Crippen LogP contribution in [0.4, 0.5) is 0 Å². The minimum Gasteiger partial charge on any atom is -0.478 e. The number of allylic oxidation sites excluding steroid dienone is 2. The zero-order chi connectivity index (χ0) is 13.1. The molecule has 6 heteroatoms. The van der Waals surface area contributed by atoms with Gasteiger partial charge in [0.2, 0.25) is 0 Å². The van der Waals surface area contributed by atoms with Gasteiger partial charge in [-0.25, -0.2) is 4.79 Å². The fraction of sp³-hybridized carbons (Fsp3) is 0. The third-order valence-corrected chi connectivity index (χ3v) is 1.44. The van der Waals surface area contributed by atoms with Crippen molar-refractivity contribution in [1.29, 1.82) is 0 Å². The van der Waals surface area contributed by atoms with Crippen LogP contribution in [-0.2, 0) is 4.79 Å². The monoisotopic (exact) mass is 237 g/mol. The minimum atomic E-state index is -1.50. The van der Waals surface area contributed by atoms with E-state index in [9.17, 15) is 4.79 Å². The molecule has 6 nitrogen and oxygen atoms in total. The lowest BCUT2D eigenvalue weighted by Crippen LogP contribution is -1.84. The Hall–Kier alpha value is -2.63. The smallest absolute Gasteiger partial charge is 0.328 e. The molecule has 2 N–H and O–H groups in total. The largest absolute Gasteiger partial charge is 0.478 e. The number of hydrogen-bond acceptors (Lipinski definition) is 3. The summed E-state index contributed by atoms with van der Waals surface area (Å²) < 4.78 is 0. The molecule has 1 aromatic carbocycles. The molecule has 0 fully saturated rings. The first-order chi connectivity index (χ1) is 8.02. The quantitative estimate of drug-likeness (QED) is 0.362. The molecule has 0 saturated carbocycles. The Morgan fingerprint density at radius 3 is 2.24 bits per heavy atom. The van der Waals surface area contributed by atoms with E-state index in [-0.39, 0.29) is 0 Å². The number of carbonyl (C=O) groups is 1. The number of hydrogen-bond donors (Lipinski definition) is 2. The number of benzene rings is 1. The lowest BCUT2D eigenvalue weighted by molar-refractivity contribution is -0.742. The average Bonchev–Trinajstić information content (AvgIpc) is 2.25. The van der Waals surface area contributed by atoms with Gasteiger partial charge in [-0.05, 0) is 5.56 Å². The van der Waals surface area contributed by atoms with Crippen LogP contribution in [0.1, 0.15) is 5.56 Å². The summed E-state index contributed by atoms with van der Waals surface area (Å²) in [5, 5.41) is 21.9. The molecule has 0 unspecified atom stereocenters. The molecule has 90 valence electrons. The molecular weight excluding hydrogens is 226 g/mol. The SMILES string of the molecule is O=C(O)C=CC=Cc1ccccc1.O=[N+]([O-])O. The topological polar surface area (TPSA) is 101 Å². The van der Waals surface area contributed by atoms with Gasteiger partial charge in [-0.15, -0.1) is 10.1 Å². The second kappa shape index (κ2) is 8.66. The van der Waals surface area contributed by atoms with Crippen LogP contribution in [0.2, 0.25) is 0 Å². The molecule has 0 spiro atoms. The molecule has 0 aromatic heterocycles. The van der Waals surface area contributed by atoms with Gasteiger partial charge in [-0.1, -0.05) is 48.6 Å². The molecule has 1 aromatic rings. The molecule has 17 heavy (non-hydrogen) atoms. The van der Waals surface area contributed by atoms with Crippen LogP contribution in [0, 0.1) is 10.1 Å². The van der Waals surface area contributed by atoms with Gasteiger partial charge < -0.3 is 10.3 Å². The highest BCUT2D eigenvalue weighted by atomic mass is 16.9. The molecule has 0 atom stereocenters. The second-order valence-corrected chi connectivity index (χ2v) is 2.70. The zero-order valence-corrected chi connectivity index (χ0v) is 8.76. The first-order valence-corrected chi connectivity index (χ1v) is 4.48. The molecule has 0 amide bonds. The Bertz CT molecular complexity index is 407. The summed E-state index contributed by atoms with van der Waals surface area (Å²) in [6.07, 6.45) is 6.14. The van der Waals surface area contributed by atoms with E-state index in [0.717, 1.165) is 11.6 Å². The first-order valence-electron chi connectivity index (χ1n) is 4.48. The van der Waals surface area contributed by atoms with E-state index >= 15 is 0 Å². The molecule has 0 aliphatic rings. The van der Waals surface area contributed by atoms with Crippen molar-refractivity contribution in [2.45, 2.75) is 0 Å². The highest BCUT2D eigenvalue weighted by Gasteiger charge is 1.82. The fourth-order valence-corrected chi connectivity index (χ4v) is 0.869. The zero-order valence-electron chi connectivity index (χ0n) is 8.76. The lowest BCUT2D eigenvalue weighted by Gasteiger charge is -1.87. The summed E-state index contributed by atoms with van der Waals surface area (Å²) in [5.74, 6) is -0.933. The first kappa shape index (κ1) is 14.4. The van der Waals surface area contributed by atoms with Gasteiger partial charge in [0.15, 0.2) is 0 Å². The molecule has 0 radical (unpaired) electrons. The number of nitrogens with zero attached hydrogens (tertiary/aromatic N) is 1. The summed E-state index contributed by atoms with van der Waals surface area (Å²) in [6, 6.07) is 9.70. The highest BCUT2D eigenvalue weighted by molar-refractivity contribution is 5.80. The van der Waals surface area contributed by atoms with Crippen molar-refractivity contribution in [3.05, 3.63) is 64.2 Å². The van der Waals surface area contributed by atoms with Gasteiger partial charge in [0.1, 0.15) is 0 Å². The van der Waals surface area contributed by atoms with Crippen LogP contribution in [-0.4, -0.2) is 21.4 Å². The van der Waals surface area contributed by atoms with Crippen molar-refractivity contribution in [1.82, 2.24) is 0 Å². The number of carboxylic acid groups (broad SMARTS) is 1. The summed E-state index contributed by atoms with van der Waals surface area (Å²) in [6.45, 7) is 0. The Labute approximate surface area is 97.2 Å². The van der Waals surface area contributed by atoms with E-state index in [1.807, 2.05) is 36.4 Å². The van der Waals surface area contributed by atoms with E-state index in [4.69, 9.17) is 20.4 Å². The maximum Gasteiger partial charge on any atom is 0.328 e. The Balaban J connectivity index is 0.000000557. The Morgan fingerprint density at radius 1 is 1.24 bits per heavy atom. The summed E-state index contributed by atoms with van der Waals surface area (Å²) in [7, 11) is 0. The molecule has 0 aliphatic heterocycles. The van der Waals surface area contributed by atoms with E-state index in [1.54, 1.807) is 6.08 Å². The number of carboxylic acids is 1. The van der Waals surface area contributed by atoms with Crippen LogP contribution >= 0.6 is 0 Å². The second-order valence-electron chi connectivity index (χ2n) is 2.70. The van der Waals surface area contributed by atoms with E-state index in [0.29, 0.717) is 0 Å². The van der Waals surface area contributed by atoms with Crippen LogP contribution in [0.15, 0.2) is 48.6 Å². The number of rotatable bonds is 3. The van der Waals surface area contributed by atoms with Crippen LogP contribution in [0.5, 0.6) is 0 Å².